The van der Waals surface area contributed by atoms with E-state index in [1.54, 1.807) is 31.2 Å². The maximum Gasteiger partial charge on any atom is 0.299 e. The van der Waals surface area contributed by atoms with Gasteiger partial charge in [0.15, 0.2) is 5.78 Å². The van der Waals surface area contributed by atoms with Crippen LogP contribution in [0.25, 0.3) is 22.3 Å². The molecule has 36 heavy (non-hydrogen) atoms. The Labute approximate surface area is 209 Å². The highest BCUT2D eigenvalue weighted by Gasteiger charge is 2.47. The van der Waals surface area contributed by atoms with Gasteiger partial charge in [0.1, 0.15) is 0 Å². The minimum atomic E-state index is -3.13. The molecule has 2 aliphatic heterocycles. The Kier molecular flexibility index (Phi) is 4.69. The van der Waals surface area contributed by atoms with Crippen LogP contribution in [0, 0.1) is 5.92 Å². The molecule has 2 bridgehead atoms. The van der Waals surface area contributed by atoms with Crippen LogP contribution in [0.5, 0.6) is 0 Å². The van der Waals surface area contributed by atoms with Crippen molar-refractivity contribution in [2.75, 3.05) is 7.05 Å². The number of likely N-dealkylation sites (tertiary alicyclic amines) is 1. The van der Waals surface area contributed by atoms with Gasteiger partial charge in [0.2, 0.25) is 0 Å². The van der Waals surface area contributed by atoms with E-state index < -0.39 is 5.92 Å². The van der Waals surface area contributed by atoms with Gasteiger partial charge in [0.25, 0.3) is 5.92 Å². The lowest BCUT2D eigenvalue weighted by Gasteiger charge is -2.32. The highest BCUT2D eigenvalue weighted by atomic mass is 19.3. The zero-order valence-electron chi connectivity index (χ0n) is 20.5. The number of Topliss-reactive ketones (excluding diaryl/α,β-unsaturated/α-hetero) is 1. The van der Waals surface area contributed by atoms with E-state index in [2.05, 4.69) is 18.0 Å². The number of hydrogen-bond donors (Lipinski definition) is 0. The molecule has 0 spiro atoms. The molecule has 0 amide bonds. The Morgan fingerprint density at radius 3 is 2.47 bits per heavy atom. The van der Waals surface area contributed by atoms with Gasteiger partial charge in [-0.05, 0) is 84.3 Å². The summed E-state index contributed by atoms with van der Waals surface area (Å²) in [5.74, 6) is -2.55. The summed E-state index contributed by atoms with van der Waals surface area (Å²) < 4.78 is 31.2. The number of alkyl halides is 2. The quantitative estimate of drug-likeness (QED) is 0.369. The summed E-state index contributed by atoms with van der Waals surface area (Å²) in [6.45, 7) is 1.75. The topological polar surface area (TPSA) is 32.7 Å². The molecule has 0 unspecified atom stereocenters. The van der Waals surface area contributed by atoms with Gasteiger partial charge in [0, 0.05) is 41.3 Å². The van der Waals surface area contributed by atoms with Crippen molar-refractivity contribution >= 4 is 17.2 Å². The van der Waals surface area contributed by atoms with Crippen molar-refractivity contribution in [1.29, 1.82) is 0 Å². The molecule has 3 nitrogen and oxygen atoms in total. The average molecular weight is 483 g/mol. The largest absolute Gasteiger partial charge is 0.299 e. The highest BCUT2D eigenvalue weighted by molar-refractivity contribution is 5.99. The van der Waals surface area contributed by atoms with E-state index >= 15 is 8.78 Å². The Morgan fingerprint density at radius 2 is 1.72 bits per heavy atom. The van der Waals surface area contributed by atoms with Crippen LogP contribution in [-0.2, 0) is 12.3 Å². The van der Waals surface area contributed by atoms with Gasteiger partial charge in [0.05, 0.1) is 11.7 Å². The second-order valence-corrected chi connectivity index (χ2v) is 10.8. The van der Waals surface area contributed by atoms with Crippen molar-refractivity contribution in [3.05, 3.63) is 76.9 Å². The fourth-order valence-electron chi connectivity index (χ4n) is 7.07. The molecule has 2 fully saturated rings. The van der Waals surface area contributed by atoms with Gasteiger partial charge in [-0.3, -0.25) is 14.7 Å². The number of fused-ring (bicyclic) bond motifs is 6. The van der Waals surface area contributed by atoms with Crippen LogP contribution in [0.2, 0.25) is 0 Å². The summed E-state index contributed by atoms with van der Waals surface area (Å²) in [6.07, 6.45) is 5.00. The standard InChI is InChI=1S/C31H28F2N2O/c1-3-29(36)19-6-10-24-23-9-5-18(14-25(23)31(32,33)26(24)15-19)17-7-11-27-21(12-17)16-28(34-27)30-20-4-8-22(13-20)35(30)2/h5-7,9-12,14-15,20,22,30H,3-4,8,13,16H2,1-2H3/t20-,22+,30-/m0/s1. The van der Waals surface area contributed by atoms with Crippen molar-refractivity contribution in [2.24, 2.45) is 10.9 Å². The predicted octanol–water partition coefficient (Wildman–Crippen LogP) is 7.18. The fraction of sp³-hybridized carbons (Fsp3) is 0.355. The summed E-state index contributed by atoms with van der Waals surface area (Å²) >= 11 is 0. The summed E-state index contributed by atoms with van der Waals surface area (Å²) in [4.78, 5) is 19.7. The molecule has 3 aromatic carbocycles. The molecule has 3 atom stereocenters. The van der Waals surface area contributed by atoms with Crippen LogP contribution in [-0.4, -0.2) is 35.5 Å². The third-order valence-corrected chi connectivity index (χ3v) is 8.95. The Bertz CT molecular complexity index is 1470. The van der Waals surface area contributed by atoms with Crippen LogP contribution < -0.4 is 0 Å². The van der Waals surface area contributed by atoms with Gasteiger partial charge in [-0.25, -0.2) is 0 Å². The zero-order valence-corrected chi connectivity index (χ0v) is 20.5. The molecule has 1 saturated heterocycles. The fourth-order valence-corrected chi connectivity index (χ4v) is 7.07. The van der Waals surface area contributed by atoms with Gasteiger partial charge >= 0.3 is 0 Å². The van der Waals surface area contributed by atoms with Crippen LogP contribution in [0.1, 0.15) is 59.7 Å². The number of hydrogen-bond acceptors (Lipinski definition) is 3. The van der Waals surface area contributed by atoms with Crippen LogP contribution in [0.4, 0.5) is 14.5 Å². The van der Waals surface area contributed by atoms with E-state index in [4.69, 9.17) is 4.99 Å². The number of ketones is 1. The lowest BCUT2D eigenvalue weighted by atomic mass is 9.91. The molecule has 3 aromatic rings. The molecule has 0 radical (unpaired) electrons. The summed E-state index contributed by atoms with van der Waals surface area (Å²) in [7, 11) is 2.23. The van der Waals surface area contributed by atoms with Crippen LogP contribution >= 0.6 is 0 Å². The smallest absolute Gasteiger partial charge is 0.295 e. The lowest BCUT2D eigenvalue weighted by molar-refractivity contribution is 0.0480. The zero-order chi connectivity index (χ0) is 24.8. The van der Waals surface area contributed by atoms with Crippen LogP contribution in [0.15, 0.2) is 59.6 Å². The SMILES string of the molecule is CCC(=O)c1ccc2c(c1)C(F)(F)c1cc(-c3ccc4c(c3)CC([C@@H]3[C@H]5CC[C@H](C5)N3C)=N4)ccc1-2. The first-order valence-corrected chi connectivity index (χ1v) is 13.0. The Hall–Kier alpha value is -3.18. The maximum absolute atomic E-state index is 15.6. The van der Waals surface area contributed by atoms with Crippen molar-refractivity contribution in [3.8, 4) is 22.3 Å². The monoisotopic (exact) mass is 482 g/mol. The first kappa shape index (κ1) is 22.1. The van der Waals surface area contributed by atoms with Crippen molar-refractivity contribution in [2.45, 2.75) is 57.0 Å². The van der Waals surface area contributed by atoms with Gasteiger partial charge in [-0.15, -0.1) is 0 Å². The summed E-state index contributed by atoms with van der Waals surface area (Å²) in [5, 5.41) is 0. The van der Waals surface area contributed by atoms with E-state index in [0.717, 1.165) is 23.2 Å². The molecule has 0 aromatic heterocycles. The minimum absolute atomic E-state index is 0.0112. The van der Waals surface area contributed by atoms with Crippen molar-refractivity contribution < 1.29 is 13.6 Å². The van der Waals surface area contributed by atoms with E-state index in [1.165, 1.54) is 36.6 Å². The van der Waals surface area contributed by atoms with E-state index in [0.29, 0.717) is 41.1 Å². The van der Waals surface area contributed by atoms with Gasteiger partial charge < -0.3 is 0 Å². The molecule has 5 heteroatoms. The van der Waals surface area contributed by atoms with Gasteiger partial charge in [-0.1, -0.05) is 37.3 Å². The second kappa shape index (κ2) is 7.66. The van der Waals surface area contributed by atoms with Crippen LogP contribution in [0.3, 0.4) is 0 Å². The predicted molar refractivity (Wildman–Crippen MR) is 138 cm³/mol. The number of halogens is 2. The summed E-state index contributed by atoms with van der Waals surface area (Å²) in [5.41, 5.74) is 6.49. The molecular weight excluding hydrogens is 454 g/mol. The second-order valence-electron chi connectivity index (χ2n) is 10.8. The molecule has 7 rings (SSSR count). The van der Waals surface area contributed by atoms with Gasteiger partial charge in [-0.2, -0.15) is 8.78 Å². The third kappa shape index (κ3) is 3.05. The van der Waals surface area contributed by atoms with E-state index in [9.17, 15) is 4.79 Å². The first-order chi connectivity index (χ1) is 17.3. The summed E-state index contributed by atoms with van der Waals surface area (Å²) in [6, 6.07) is 17.3. The highest BCUT2D eigenvalue weighted by Crippen LogP contribution is 2.52. The maximum atomic E-state index is 15.6. The molecule has 2 aliphatic carbocycles. The first-order valence-electron chi connectivity index (χ1n) is 13.0. The molecule has 4 aliphatic rings. The third-order valence-electron chi connectivity index (χ3n) is 8.95. The number of aliphatic imine (C=N–C) groups is 1. The Balaban J connectivity index is 1.20. The van der Waals surface area contributed by atoms with Crippen molar-refractivity contribution in [3.63, 3.8) is 0 Å². The molecule has 2 heterocycles. The minimum Gasteiger partial charge on any atom is -0.295 e. The normalized spacial score (nSPS) is 25.0. The number of benzene rings is 3. The number of piperidine rings is 1. The molecule has 182 valence electrons. The van der Waals surface area contributed by atoms with Crippen molar-refractivity contribution in [1.82, 2.24) is 4.90 Å². The van der Waals surface area contributed by atoms with E-state index in [1.807, 2.05) is 18.2 Å². The molecular formula is C31H28F2N2O. The lowest BCUT2D eigenvalue weighted by Crippen LogP contribution is -2.43. The molecule has 0 N–H and O–H groups in total. The average Bonchev–Trinajstić information content (AvgIpc) is 3.64. The number of nitrogens with zero attached hydrogens (tertiary/aromatic N) is 2. The van der Waals surface area contributed by atoms with E-state index in [-0.39, 0.29) is 16.9 Å². The number of carbonyl (C=O) groups excluding carboxylic acids is 1. The number of rotatable bonds is 4. The Morgan fingerprint density at radius 1 is 1.00 bits per heavy atom. The molecule has 1 saturated carbocycles. The number of carbonyl (C=O) groups is 1.